The lowest BCUT2D eigenvalue weighted by atomic mass is 10.1. The summed E-state index contributed by atoms with van der Waals surface area (Å²) in [5.74, 6) is 1.44. The highest BCUT2D eigenvalue weighted by atomic mass is 16.5. The van der Waals surface area contributed by atoms with E-state index < -0.39 is 0 Å². The van der Waals surface area contributed by atoms with Crippen LogP contribution in [0.5, 0.6) is 0 Å². The molecule has 2 atom stereocenters. The molecule has 1 N–H and O–H groups in total. The fraction of sp³-hybridized carbons (Fsp3) is 0.867. The van der Waals surface area contributed by atoms with Gasteiger partial charge in [-0.1, -0.05) is 0 Å². The number of hydrogen-bond acceptors (Lipinski definition) is 5. The molecule has 1 aliphatic carbocycles. The first-order valence-electron chi connectivity index (χ1n) is 8.72. The first-order chi connectivity index (χ1) is 11.3. The third kappa shape index (κ3) is 3.31. The third-order valence-electron chi connectivity index (χ3n) is 5.09. The number of hydrogen-bond donors (Lipinski definition) is 1. The van der Waals surface area contributed by atoms with Gasteiger partial charge >= 0.3 is 6.03 Å². The van der Waals surface area contributed by atoms with Gasteiger partial charge in [0.1, 0.15) is 0 Å². The van der Waals surface area contributed by atoms with E-state index in [0.717, 1.165) is 51.2 Å². The maximum atomic E-state index is 12.5. The van der Waals surface area contributed by atoms with E-state index in [0.29, 0.717) is 12.5 Å². The van der Waals surface area contributed by atoms with Crippen LogP contribution in [0.4, 0.5) is 4.79 Å². The summed E-state index contributed by atoms with van der Waals surface area (Å²) in [4.78, 5) is 14.5. The molecular formula is C15H24N6O2. The molecule has 1 aromatic heterocycles. The predicted octanol–water partition coefficient (Wildman–Crippen LogP) is 0.936. The summed E-state index contributed by atoms with van der Waals surface area (Å²) in [5, 5.41) is 14.8. The van der Waals surface area contributed by atoms with Crippen LogP contribution < -0.4 is 5.32 Å². The van der Waals surface area contributed by atoms with Crippen LogP contribution in [-0.4, -0.2) is 56.4 Å². The fourth-order valence-electron chi connectivity index (χ4n) is 3.63. The predicted molar refractivity (Wildman–Crippen MR) is 81.5 cm³/mol. The minimum atomic E-state index is -0.0241. The molecular weight excluding hydrogens is 296 g/mol. The van der Waals surface area contributed by atoms with E-state index in [4.69, 9.17) is 4.74 Å². The van der Waals surface area contributed by atoms with Crippen molar-refractivity contribution in [3.05, 3.63) is 5.82 Å². The van der Waals surface area contributed by atoms with Crippen LogP contribution >= 0.6 is 0 Å². The Morgan fingerprint density at radius 2 is 2.17 bits per heavy atom. The summed E-state index contributed by atoms with van der Waals surface area (Å²) in [5.41, 5.74) is 0. The van der Waals surface area contributed by atoms with E-state index in [2.05, 4.69) is 20.8 Å². The Hall–Kier alpha value is -1.70. The van der Waals surface area contributed by atoms with Crippen LogP contribution in [0, 0.1) is 5.92 Å². The number of carbonyl (C=O) groups excluding carboxylic acids is 1. The van der Waals surface area contributed by atoms with Gasteiger partial charge in [-0.3, -0.25) is 0 Å². The quantitative estimate of drug-likeness (QED) is 0.872. The molecule has 2 unspecified atom stereocenters. The normalized spacial score (nSPS) is 27.6. The minimum Gasteiger partial charge on any atom is -0.376 e. The molecule has 1 aromatic rings. The number of carbonyl (C=O) groups is 1. The van der Waals surface area contributed by atoms with E-state index in [1.807, 2.05) is 9.58 Å². The lowest BCUT2D eigenvalue weighted by molar-refractivity contribution is 0.0520. The van der Waals surface area contributed by atoms with Gasteiger partial charge in [-0.2, -0.15) is 0 Å². The van der Waals surface area contributed by atoms with Crippen molar-refractivity contribution in [2.75, 3.05) is 13.2 Å². The number of ether oxygens (including phenoxy) is 1. The molecule has 2 aliphatic heterocycles. The summed E-state index contributed by atoms with van der Waals surface area (Å²) in [6, 6.07) is 0.198. The highest BCUT2D eigenvalue weighted by Gasteiger charge is 2.36. The zero-order valence-corrected chi connectivity index (χ0v) is 13.4. The summed E-state index contributed by atoms with van der Waals surface area (Å²) in [6.07, 6.45) is 6.98. The van der Waals surface area contributed by atoms with Gasteiger partial charge in [0.15, 0.2) is 5.82 Å². The van der Waals surface area contributed by atoms with Gasteiger partial charge in [0, 0.05) is 19.7 Å². The fourth-order valence-corrected chi connectivity index (χ4v) is 3.63. The van der Waals surface area contributed by atoms with Crippen LogP contribution in [0.3, 0.4) is 0 Å². The number of likely N-dealkylation sites (tertiary alicyclic amines) is 1. The van der Waals surface area contributed by atoms with Gasteiger partial charge in [-0.25, -0.2) is 9.48 Å². The molecule has 1 saturated carbocycles. The molecule has 0 aromatic carbocycles. The van der Waals surface area contributed by atoms with Crippen molar-refractivity contribution in [2.45, 2.75) is 63.8 Å². The van der Waals surface area contributed by atoms with Crippen molar-refractivity contribution in [1.82, 2.24) is 30.4 Å². The van der Waals surface area contributed by atoms with Crippen LogP contribution in [-0.2, 0) is 17.8 Å². The molecule has 2 saturated heterocycles. The Bertz CT molecular complexity index is 552. The van der Waals surface area contributed by atoms with Crippen molar-refractivity contribution < 1.29 is 9.53 Å². The lowest BCUT2D eigenvalue weighted by Crippen LogP contribution is -2.47. The molecule has 3 fully saturated rings. The van der Waals surface area contributed by atoms with Crippen molar-refractivity contribution in [2.24, 2.45) is 5.92 Å². The molecule has 126 valence electrons. The number of aromatic nitrogens is 4. The van der Waals surface area contributed by atoms with Gasteiger partial charge in [0.25, 0.3) is 0 Å². The SMILES string of the molecule is O=C(NCc1nnnn1CC1CC1)N1CCCC1C1CCCO1. The first kappa shape index (κ1) is 14.9. The highest BCUT2D eigenvalue weighted by Crippen LogP contribution is 2.30. The Kier molecular flexibility index (Phi) is 4.15. The van der Waals surface area contributed by atoms with Gasteiger partial charge in [-0.05, 0) is 54.9 Å². The van der Waals surface area contributed by atoms with E-state index >= 15 is 0 Å². The molecule has 0 radical (unpaired) electrons. The number of amides is 2. The number of tetrazole rings is 1. The van der Waals surface area contributed by atoms with Crippen LogP contribution in [0.1, 0.15) is 44.3 Å². The summed E-state index contributed by atoms with van der Waals surface area (Å²) < 4.78 is 7.60. The smallest absolute Gasteiger partial charge is 0.318 e. The Morgan fingerprint density at radius 3 is 2.96 bits per heavy atom. The van der Waals surface area contributed by atoms with E-state index in [1.165, 1.54) is 12.8 Å². The monoisotopic (exact) mass is 320 g/mol. The summed E-state index contributed by atoms with van der Waals surface area (Å²) >= 11 is 0. The Morgan fingerprint density at radius 1 is 1.26 bits per heavy atom. The molecule has 0 spiro atoms. The third-order valence-corrected chi connectivity index (χ3v) is 5.09. The number of nitrogens with one attached hydrogen (secondary N) is 1. The average molecular weight is 320 g/mol. The largest absolute Gasteiger partial charge is 0.376 e. The molecule has 2 amide bonds. The minimum absolute atomic E-state index is 0.0241. The molecule has 4 rings (SSSR count). The first-order valence-corrected chi connectivity index (χ1v) is 8.72. The van der Waals surface area contributed by atoms with Gasteiger partial charge < -0.3 is 15.0 Å². The van der Waals surface area contributed by atoms with Gasteiger partial charge in [0.05, 0.1) is 18.7 Å². The van der Waals surface area contributed by atoms with E-state index in [-0.39, 0.29) is 18.2 Å². The van der Waals surface area contributed by atoms with Crippen LogP contribution in [0.15, 0.2) is 0 Å². The highest BCUT2D eigenvalue weighted by molar-refractivity contribution is 5.74. The maximum absolute atomic E-state index is 12.5. The zero-order valence-electron chi connectivity index (χ0n) is 13.4. The molecule has 23 heavy (non-hydrogen) atoms. The van der Waals surface area contributed by atoms with Crippen LogP contribution in [0.2, 0.25) is 0 Å². The molecule has 3 heterocycles. The van der Waals surface area contributed by atoms with Crippen molar-refractivity contribution in [1.29, 1.82) is 0 Å². The molecule has 0 bridgehead atoms. The van der Waals surface area contributed by atoms with Crippen molar-refractivity contribution in [3.8, 4) is 0 Å². The maximum Gasteiger partial charge on any atom is 0.318 e. The summed E-state index contributed by atoms with van der Waals surface area (Å²) in [7, 11) is 0. The zero-order chi connectivity index (χ0) is 15.6. The molecule has 8 nitrogen and oxygen atoms in total. The molecule has 8 heteroatoms. The average Bonchev–Trinajstić information content (AvgIpc) is 3.03. The lowest BCUT2D eigenvalue weighted by Gasteiger charge is -2.28. The number of rotatable bonds is 5. The topological polar surface area (TPSA) is 85.2 Å². The number of urea groups is 1. The Balaban J connectivity index is 1.33. The second kappa shape index (κ2) is 6.43. The summed E-state index contributed by atoms with van der Waals surface area (Å²) in [6.45, 7) is 2.88. The van der Waals surface area contributed by atoms with E-state index in [9.17, 15) is 4.79 Å². The second-order valence-corrected chi connectivity index (χ2v) is 6.83. The van der Waals surface area contributed by atoms with E-state index in [1.54, 1.807) is 0 Å². The van der Waals surface area contributed by atoms with Crippen LogP contribution in [0.25, 0.3) is 0 Å². The van der Waals surface area contributed by atoms with Crippen molar-refractivity contribution in [3.63, 3.8) is 0 Å². The second-order valence-electron chi connectivity index (χ2n) is 6.83. The standard InChI is InChI=1S/C15H24N6O2/c22-15(20-7-1-3-12(20)13-4-2-8-23-13)16-9-14-17-18-19-21(14)10-11-5-6-11/h11-13H,1-10H2,(H,16,22). The Labute approximate surface area is 135 Å². The number of nitrogens with zero attached hydrogens (tertiary/aromatic N) is 5. The molecule has 3 aliphatic rings. The van der Waals surface area contributed by atoms with Crippen molar-refractivity contribution >= 4 is 6.03 Å². The van der Waals surface area contributed by atoms with Gasteiger partial charge in [-0.15, -0.1) is 5.10 Å². The van der Waals surface area contributed by atoms with Gasteiger partial charge in [0.2, 0.25) is 0 Å².